The van der Waals surface area contributed by atoms with Crippen molar-refractivity contribution in [2.24, 2.45) is 28.8 Å². The number of methoxy groups -OCH3 is 1. The quantitative estimate of drug-likeness (QED) is 0.254. The molecule has 59 heavy (non-hydrogen) atoms. The first kappa shape index (κ1) is 44.9. The van der Waals surface area contributed by atoms with Crippen LogP contribution in [-0.4, -0.2) is 131 Å². The summed E-state index contributed by atoms with van der Waals surface area (Å²) in [6, 6.07) is 0. The fourth-order valence-corrected chi connectivity index (χ4v) is 7.89. The number of carbonyl (C=O) groups excluding carboxylic acids is 5. The van der Waals surface area contributed by atoms with Gasteiger partial charge in [0.25, 0.3) is 11.7 Å². The normalized spacial score (nSPS) is 31.3. The number of aliphatic hydroxyl groups is 2. The van der Waals surface area contributed by atoms with Crippen LogP contribution in [0, 0.1) is 30.6 Å². The second kappa shape index (κ2) is 18.0. The smallest absolute Gasteiger partial charge is 0.312 e. The van der Waals surface area contributed by atoms with E-state index in [1.54, 1.807) is 44.9 Å². The minimum absolute atomic E-state index is 0.0118. The summed E-state index contributed by atoms with van der Waals surface area (Å²) in [6.07, 6.45) is 4.56. The highest BCUT2D eigenvalue weighted by molar-refractivity contribution is 6.37. The number of ketones is 3. The molecule has 4 heterocycles. The first-order valence-corrected chi connectivity index (χ1v) is 19.7. The van der Waals surface area contributed by atoms with Crippen molar-refractivity contribution < 1.29 is 58.2 Å². The van der Waals surface area contributed by atoms with Crippen LogP contribution in [0.3, 0.4) is 0 Å². The number of hydrogen-bond acceptors (Lipinski definition) is 15. The van der Waals surface area contributed by atoms with Crippen molar-refractivity contribution in [1.29, 1.82) is 0 Å². The van der Waals surface area contributed by atoms with Gasteiger partial charge in [-0.3, -0.25) is 29.0 Å². The molecule has 0 spiro atoms. The van der Waals surface area contributed by atoms with Crippen LogP contribution in [0.5, 0.6) is 11.5 Å². The van der Waals surface area contributed by atoms with E-state index in [1.165, 1.54) is 59.4 Å². The Morgan fingerprint density at radius 3 is 2.24 bits per heavy atom. The van der Waals surface area contributed by atoms with E-state index in [0.29, 0.717) is 26.2 Å². The molecule has 5 bridgehead atoms. The van der Waals surface area contributed by atoms with E-state index in [2.05, 4.69) is 15.3 Å². The van der Waals surface area contributed by atoms with Crippen molar-refractivity contribution in [2.45, 2.75) is 85.6 Å². The van der Waals surface area contributed by atoms with E-state index >= 15 is 0 Å². The van der Waals surface area contributed by atoms with E-state index < -0.39 is 106 Å². The molecule has 5 aliphatic rings. The summed E-state index contributed by atoms with van der Waals surface area (Å²) in [5, 5.41) is 43.1. The van der Waals surface area contributed by atoms with Gasteiger partial charge in [-0.15, -0.1) is 0 Å². The molecule has 1 saturated heterocycles. The molecule has 0 aromatic heterocycles. The Balaban J connectivity index is 1.66. The number of hydrazone groups is 1. The second-order valence-corrected chi connectivity index (χ2v) is 16.1. The maximum atomic E-state index is 14.6. The van der Waals surface area contributed by atoms with Crippen LogP contribution in [0.25, 0.3) is 0 Å². The van der Waals surface area contributed by atoms with Crippen molar-refractivity contribution in [3.05, 3.63) is 69.7 Å². The van der Waals surface area contributed by atoms with E-state index in [-0.39, 0.29) is 28.0 Å². The van der Waals surface area contributed by atoms with Crippen molar-refractivity contribution in [2.75, 3.05) is 40.3 Å². The summed E-state index contributed by atoms with van der Waals surface area (Å²) in [5.41, 5.74) is -1.82. The van der Waals surface area contributed by atoms with Gasteiger partial charge in [-0.05, 0) is 27.0 Å². The number of allylic oxidation sites excluding steroid dienone is 4. The van der Waals surface area contributed by atoms with Gasteiger partial charge in [0, 0.05) is 81.9 Å². The van der Waals surface area contributed by atoms with Gasteiger partial charge in [0.05, 0.1) is 53.1 Å². The van der Waals surface area contributed by atoms with Crippen LogP contribution < -0.4 is 10.1 Å². The van der Waals surface area contributed by atoms with Gasteiger partial charge in [-0.1, -0.05) is 45.9 Å². The summed E-state index contributed by atoms with van der Waals surface area (Å²) < 4.78 is 23.5. The van der Waals surface area contributed by atoms with E-state index in [9.17, 15) is 39.3 Å². The average Bonchev–Trinajstić information content (AvgIpc) is 3.46. The van der Waals surface area contributed by atoms with E-state index in [0.717, 1.165) is 0 Å². The van der Waals surface area contributed by atoms with Crippen LogP contribution >= 0.6 is 0 Å². The zero-order valence-electron chi connectivity index (χ0n) is 35.3. The molecule has 1 fully saturated rings. The van der Waals surface area contributed by atoms with Crippen LogP contribution in [0.2, 0.25) is 0 Å². The number of hydrogen-bond donors (Lipinski definition) is 4. The molecule has 9 atom stereocenters. The highest BCUT2D eigenvalue weighted by atomic mass is 16.7. The van der Waals surface area contributed by atoms with Gasteiger partial charge in [0.2, 0.25) is 5.78 Å². The number of likely N-dealkylation sites (N-methyl/N-ethyl adjacent to an activating group) is 1. The summed E-state index contributed by atoms with van der Waals surface area (Å²) >= 11 is 0. The highest BCUT2D eigenvalue weighted by Crippen LogP contribution is 2.48. The van der Waals surface area contributed by atoms with Crippen LogP contribution in [0.1, 0.15) is 85.1 Å². The molecular weight excluding hydrogens is 764 g/mol. The Morgan fingerprint density at radius 1 is 0.949 bits per heavy atom. The third-order valence-electron chi connectivity index (χ3n) is 11.8. The van der Waals surface area contributed by atoms with Gasteiger partial charge < -0.3 is 44.5 Å². The van der Waals surface area contributed by atoms with Gasteiger partial charge in [-0.25, -0.2) is 0 Å². The number of phenolic OH excluding ortho intramolecular Hbond substituents is 1. The van der Waals surface area contributed by atoms with Crippen LogP contribution in [-0.2, 0) is 23.8 Å². The molecule has 16 heteroatoms. The first-order valence-electron chi connectivity index (χ1n) is 19.7. The number of nitrogens with one attached hydrogen (secondary N) is 1. The summed E-state index contributed by atoms with van der Waals surface area (Å²) in [6.45, 7) is 14.8. The number of ether oxygens (including phenoxy) is 4. The van der Waals surface area contributed by atoms with Gasteiger partial charge in [0.1, 0.15) is 23.3 Å². The number of carbonyl (C=O) groups is 5. The van der Waals surface area contributed by atoms with E-state index in [4.69, 9.17) is 18.9 Å². The number of fused-ring (bicyclic) bond motifs is 14. The fourth-order valence-electron chi connectivity index (χ4n) is 7.89. The summed E-state index contributed by atoms with van der Waals surface area (Å²) in [4.78, 5) is 71.6. The molecule has 4 N–H and O–H groups in total. The Morgan fingerprint density at radius 2 is 1.61 bits per heavy atom. The molecule has 0 radical (unpaired) electrons. The largest absolute Gasteiger partial charge is 0.507 e. The molecule has 1 aromatic carbocycles. The number of phenols is 1. The molecule has 1 unspecified atom stereocenters. The summed E-state index contributed by atoms with van der Waals surface area (Å²) in [7, 11) is 3.39. The molecular formula is C43H56N4O12. The molecule has 4 aliphatic heterocycles. The Bertz CT molecular complexity index is 2030. The predicted molar refractivity (Wildman–Crippen MR) is 216 cm³/mol. The lowest BCUT2D eigenvalue weighted by molar-refractivity contribution is -0.160. The van der Waals surface area contributed by atoms with Gasteiger partial charge in [0.15, 0.2) is 5.78 Å². The molecule has 1 aliphatic carbocycles. The van der Waals surface area contributed by atoms with E-state index in [1.807, 2.05) is 7.05 Å². The monoisotopic (exact) mass is 820 g/mol. The standard InChI is InChI=1S/C43H56N4O12/c1-21-12-11-13-22(2)42(55)45-33-28(20-44-47-17-15-46(9)16-18-47)37(52)30-31(38(33)53)36(51)26(6)40-32(30)41(54)43(8,59-40)57-19-14-29(56-10)23(3)39(58-27(7)48)25(5)35(50)24(4)34(21)49/h11-14,19-21,23-25,29,34-35,39,49-51H,15-18H2,1-10H3,(H,45,55)/t21-,23+,24+,25+,29-,34-,35+,39?,43-/m0/s1. The van der Waals surface area contributed by atoms with Crippen LogP contribution in [0.15, 0.2) is 52.5 Å². The Kier molecular flexibility index (Phi) is 13.7. The number of piperazine rings is 1. The number of aromatic hydroxyl groups is 1. The minimum Gasteiger partial charge on any atom is -0.507 e. The SMILES string of the molecule is CO[C@H]1C=CO[C@@]2(C)Oc3c(C)c(O)c4c(c3C2=O)C(=O)C(C=NN2CCN(C)CC2)=C(NC(=O)C(C)=CC=C[C@H](C)[C@H](O)[C@@H](C)[C@@H](O)[C@@H](C)C(OC(C)=O)[C@@H]1C)C4=O. The third kappa shape index (κ3) is 8.91. The van der Waals surface area contributed by atoms with Gasteiger partial charge >= 0.3 is 11.8 Å². The number of nitrogens with zero attached hydrogens (tertiary/aromatic N) is 3. The number of aliphatic hydroxyl groups excluding tert-OH is 2. The van der Waals surface area contributed by atoms with Crippen molar-refractivity contribution >= 4 is 35.4 Å². The molecule has 1 amide bonds. The Hall–Kier alpha value is -5.16. The number of Topliss-reactive ketones (excluding diaryl/α,β-unsaturated/α-hetero) is 3. The zero-order valence-corrected chi connectivity index (χ0v) is 35.3. The summed E-state index contributed by atoms with van der Waals surface area (Å²) in [5.74, 6) is -9.34. The van der Waals surface area contributed by atoms with Crippen molar-refractivity contribution in [3.63, 3.8) is 0 Å². The van der Waals surface area contributed by atoms with Crippen LogP contribution in [0.4, 0.5) is 0 Å². The average molecular weight is 821 g/mol. The maximum absolute atomic E-state index is 14.6. The Labute approximate surface area is 344 Å². The lowest BCUT2D eigenvalue weighted by atomic mass is 9.78. The first-order chi connectivity index (χ1) is 27.7. The van der Waals surface area contributed by atoms with Crippen molar-refractivity contribution in [3.8, 4) is 11.5 Å². The minimum atomic E-state index is -2.09. The maximum Gasteiger partial charge on any atom is 0.312 e. The number of benzene rings is 1. The molecule has 0 saturated carbocycles. The third-order valence-corrected chi connectivity index (χ3v) is 11.8. The molecule has 1 aromatic rings. The lowest BCUT2D eigenvalue weighted by Crippen LogP contribution is -2.46. The van der Waals surface area contributed by atoms with Gasteiger partial charge in [-0.2, -0.15) is 5.10 Å². The topological polar surface area (TPSA) is 214 Å². The molecule has 6 rings (SSSR count). The number of esters is 1. The second-order valence-electron chi connectivity index (χ2n) is 16.1. The number of amides is 1. The highest BCUT2D eigenvalue weighted by Gasteiger charge is 2.52. The lowest BCUT2D eigenvalue weighted by Gasteiger charge is -2.38. The van der Waals surface area contributed by atoms with Crippen molar-refractivity contribution in [1.82, 2.24) is 15.2 Å². The molecule has 16 nitrogen and oxygen atoms in total. The zero-order chi connectivity index (χ0) is 43.7. The fraction of sp³-hybridized carbons (Fsp3) is 0.535. The predicted octanol–water partition coefficient (Wildman–Crippen LogP) is 3.23. The number of rotatable bonds is 4. The molecule has 320 valence electrons.